The number of benzene rings is 1. The van der Waals surface area contributed by atoms with Crippen molar-refractivity contribution < 1.29 is 9.90 Å². The minimum absolute atomic E-state index is 0.295. The van der Waals surface area contributed by atoms with Crippen molar-refractivity contribution in [1.82, 2.24) is 0 Å². The van der Waals surface area contributed by atoms with Gasteiger partial charge in [0.1, 0.15) is 0 Å². The molecule has 0 spiro atoms. The standard InChI is InChI=1S/C12H16N2O2/c1-8-4-5-14(7-8)11-6-9(12(15)16)2-3-10(11)13/h2-3,6,8H,4-5,7,13H2,1H3,(H,15,16). The fourth-order valence-electron chi connectivity index (χ4n) is 2.10. The van der Waals surface area contributed by atoms with Gasteiger partial charge in [-0.15, -0.1) is 0 Å². The molecule has 1 aromatic carbocycles. The van der Waals surface area contributed by atoms with Crippen molar-refractivity contribution in [3.8, 4) is 0 Å². The second-order valence-electron chi connectivity index (χ2n) is 4.42. The highest BCUT2D eigenvalue weighted by Crippen LogP contribution is 2.29. The first kappa shape index (κ1) is 10.8. The van der Waals surface area contributed by atoms with Crippen LogP contribution in [-0.2, 0) is 0 Å². The van der Waals surface area contributed by atoms with Crippen LogP contribution in [0.3, 0.4) is 0 Å². The number of carboxylic acid groups (broad SMARTS) is 1. The zero-order valence-electron chi connectivity index (χ0n) is 9.31. The molecular formula is C12H16N2O2. The number of rotatable bonds is 2. The fraction of sp³-hybridized carbons (Fsp3) is 0.417. The Morgan fingerprint density at radius 2 is 2.31 bits per heavy atom. The van der Waals surface area contributed by atoms with Crippen LogP contribution in [0, 0.1) is 5.92 Å². The van der Waals surface area contributed by atoms with Crippen molar-refractivity contribution in [2.75, 3.05) is 23.7 Å². The molecule has 0 bridgehead atoms. The summed E-state index contributed by atoms with van der Waals surface area (Å²) in [5.41, 5.74) is 7.68. The van der Waals surface area contributed by atoms with E-state index in [1.165, 1.54) is 0 Å². The SMILES string of the molecule is CC1CCN(c2cc(C(=O)O)ccc2N)C1. The molecule has 4 nitrogen and oxygen atoms in total. The molecule has 4 heteroatoms. The first-order valence-electron chi connectivity index (χ1n) is 5.45. The van der Waals surface area contributed by atoms with E-state index < -0.39 is 5.97 Å². The predicted molar refractivity (Wildman–Crippen MR) is 63.8 cm³/mol. The monoisotopic (exact) mass is 220 g/mol. The Hall–Kier alpha value is -1.71. The lowest BCUT2D eigenvalue weighted by Crippen LogP contribution is -2.20. The van der Waals surface area contributed by atoms with Crippen molar-refractivity contribution in [2.24, 2.45) is 5.92 Å². The minimum Gasteiger partial charge on any atom is -0.478 e. The molecule has 1 fully saturated rings. The van der Waals surface area contributed by atoms with E-state index in [0.29, 0.717) is 17.2 Å². The van der Waals surface area contributed by atoms with Crippen molar-refractivity contribution in [2.45, 2.75) is 13.3 Å². The maximum absolute atomic E-state index is 10.9. The highest BCUT2D eigenvalue weighted by Gasteiger charge is 2.21. The number of anilines is 2. The van der Waals surface area contributed by atoms with Gasteiger partial charge in [0, 0.05) is 13.1 Å². The molecule has 1 atom stereocenters. The van der Waals surface area contributed by atoms with Crippen molar-refractivity contribution >= 4 is 17.3 Å². The van der Waals surface area contributed by atoms with Crippen LogP contribution in [0.5, 0.6) is 0 Å². The van der Waals surface area contributed by atoms with Gasteiger partial charge >= 0.3 is 5.97 Å². The van der Waals surface area contributed by atoms with E-state index in [-0.39, 0.29) is 0 Å². The Balaban J connectivity index is 2.32. The van der Waals surface area contributed by atoms with Gasteiger partial charge in [-0.2, -0.15) is 0 Å². The first-order valence-corrected chi connectivity index (χ1v) is 5.45. The average Bonchev–Trinajstić information content (AvgIpc) is 2.65. The number of carboxylic acids is 1. The second kappa shape index (κ2) is 4.04. The average molecular weight is 220 g/mol. The molecular weight excluding hydrogens is 204 g/mol. The molecule has 3 N–H and O–H groups in total. The second-order valence-corrected chi connectivity index (χ2v) is 4.42. The third kappa shape index (κ3) is 1.96. The molecule has 0 aromatic heterocycles. The van der Waals surface area contributed by atoms with Gasteiger partial charge in [0.05, 0.1) is 16.9 Å². The number of hydrogen-bond donors (Lipinski definition) is 2. The van der Waals surface area contributed by atoms with E-state index in [4.69, 9.17) is 10.8 Å². The summed E-state index contributed by atoms with van der Waals surface area (Å²) in [5.74, 6) is -0.263. The van der Waals surface area contributed by atoms with Crippen LogP contribution >= 0.6 is 0 Å². The van der Waals surface area contributed by atoms with Gasteiger partial charge in [-0.3, -0.25) is 0 Å². The van der Waals surface area contributed by atoms with Crippen LogP contribution in [0.1, 0.15) is 23.7 Å². The van der Waals surface area contributed by atoms with Crippen molar-refractivity contribution in [3.63, 3.8) is 0 Å². The summed E-state index contributed by atoms with van der Waals surface area (Å²) < 4.78 is 0. The number of aromatic carboxylic acids is 1. The van der Waals surface area contributed by atoms with E-state index >= 15 is 0 Å². The highest BCUT2D eigenvalue weighted by atomic mass is 16.4. The Morgan fingerprint density at radius 3 is 2.88 bits per heavy atom. The van der Waals surface area contributed by atoms with Gasteiger partial charge in [-0.05, 0) is 30.5 Å². The summed E-state index contributed by atoms with van der Waals surface area (Å²) in [6, 6.07) is 4.87. The van der Waals surface area contributed by atoms with Gasteiger partial charge in [0.2, 0.25) is 0 Å². The van der Waals surface area contributed by atoms with E-state index in [1.807, 2.05) is 0 Å². The van der Waals surface area contributed by atoms with Crippen LogP contribution in [-0.4, -0.2) is 24.2 Å². The third-order valence-electron chi connectivity index (χ3n) is 3.04. The molecule has 1 aliphatic heterocycles. The smallest absolute Gasteiger partial charge is 0.335 e. The van der Waals surface area contributed by atoms with E-state index in [0.717, 1.165) is 25.2 Å². The molecule has 0 radical (unpaired) electrons. The van der Waals surface area contributed by atoms with Crippen molar-refractivity contribution in [3.05, 3.63) is 23.8 Å². The lowest BCUT2D eigenvalue weighted by atomic mass is 10.1. The van der Waals surface area contributed by atoms with Crippen LogP contribution in [0.2, 0.25) is 0 Å². The van der Waals surface area contributed by atoms with Crippen LogP contribution in [0.4, 0.5) is 11.4 Å². The lowest BCUT2D eigenvalue weighted by molar-refractivity contribution is 0.0697. The van der Waals surface area contributed by atoms with Crippen LogP contribution < -0.4 is 10.6 Å². The Morgan fingerprint density at radius 1 is 1.56 bits per heavy atom. The zero-order chi connectivity index (χ0) is 11.7. The van der Waals surface area contributed by atoms with E-state index in [1.54, 1.807) is 18.2 Å². The topological polar surface area (TPSA) is 66.6 Å². The molecule has 16 heavy (non-hydrogen) atoms. The molecule has 1 saturated heterocycles. The molecule has 86 valence electrons. The van der Waals surface area contributed by atoms with Crippen molar-refractivity contribution in [1.29, 1.82) is 0 Å². The Bertz CT molecular complexity index is 417. The number of nitrogens with two attached hydrogens (primary N) is 1. The molecule has 1 aromatic rings. The number of nitrogen functional groups attached to an aromatic ring is 1. The molecule has 0 amide bonds. The number of hydrogen-bond acceptors (Lipinski definition) is 3. The summed E-state index contributed by atoms with van der Waals surface area (Å²) in [4.78, 5) is 13.0. The maximum atomic E-state index is 10.9. The van der Waals surface area contributed by atoms with Gasteiger partial charge in [-0.1, -0.05) is 6.92 Å². The van der Waals surface area contributed by atoms with Gasteiger partial charge in [-0.25, -0.2) is 4.79 Å². The molecule has 1 unspecified atom stereocenters. The van der Waals surface area contributed by atoms with Gasteiger partial charge < -0.3 is 15.7 Å². The zero-order valence-corrected chi connectivity index (χ0v) is 9.31. The Labute approximate surface area is 94.7 Å². The quantitative estimate of drug-likeness (QED) is 0.746. The van der Waals surface area contributed by atoms with Crippen LogP contribution in [0.15, 0.2) is 18.2 Å². The summed E-state index contributed by atoms with van der Waals surface area (Å²) in [7, 11) is 0. The maximum Gasteiger partial charge on any atom is 0.335 e. The molecule has 0 aliphatic carbocycles. The summed E-state index contributed by atoms with van der Waals surface area (Å²) in [6.45, 7) is 4.10. The molecule has 2 rings (SSSR count). The van der Waals surface area contributed by atoms with Crippen LogP contribution in [0.25, 0.3) is 0 Å². The van der Waals surface area contributed by atoms with E-state index in [2.05, 4.69) is 11.8 Å². The normalized spacial score (nSPS) is 20.1. The summed E-state index contributed by atoms with van der Waals surface area (Å²) in [5, 5.41) is 8.94. The first-order chi connectivity index (χ1) is 7.58. The number of nitrogens with zero attached hydrogens (tertiary/aromatic N) is 1. The molecule has 0 saturated carbocycles. The molecule has 1 heterocycles. The summed E-state index contributed by atoms with van der Waals surface area (Å²) >= 11 is 0. The Kier molecular flexibility index (Phi) is 2.73. The lowest BCUT2D eigenvalue weighted by Gasteiger charge is -2.20. The van der Waals surface area contributed by atoms with Gasteiger partial charge in [0.25, 0.3) is 0 Å². The van der Waals surface area contributed by atoms with E-state index in [9.17, 15) is 4.79 Å². The predicted octanol–water partition coefficient (Wildman–Crippen LogP) is 1.81. The third-order valence-corrected chi connectivity index (χ3v) is 3.04. The number of carbonyl (C=O) groups is 1. The molecule has 1 aliphatic rings. The fourth-order valence-corrected chi connectivity index (χ4v) is 2.10. The highest BCUT2D eigenvalue weighted by molar-refractivity contribution is 5.90. The minimum atomic E-state index is -0.909. The largest absolute Gasteiger partial charge is 0.478 e. The van der Waals surface area contributed by atoms with Gasteiger partial charge in [0.15, 0.2) is 0 Å². The summed E-state index contributed by atoms with van der Waals surface area (Å²) in [6.07, 6.45) is 1.14.